The van der Waals surface area contributed by atoms with Crippen molar-refractivity contribution >= 4 is 0 Å². The molecule has 0 aromatic heterocycles. The summed E-state index contributed by atoms with van der Waals surface area (Å²) in [7, 11) is 2.24. The lowest BCUT2D eigenvalue weighted by Gasteiger charge is -2.26. The summed E-state index contributed by atoms with van der Waals surface area (Å²) in [5.74, 6) is 1.71. The summed E-state index contributed by atoms with van der Waals surface area (Å²) in [6, 6.07) is 9.19. The second-order valence-corrected chi connectivity index (χ2v) is 6.10. The minimum Gasteiger partial charge on any atom is -0.494 e. The van der Waals surface area contributed by atoms with Gasteiger partial charge in [-0.15, -0.1) is 0 Å². The van der Waals surface area contributed by atoms with Gasteiger partial charge in [-0.1, -0.05) is 26.0 Å². The highest BCUT2D eigenvalue weighted by atomic mass is 16.5. The molecule has 0 saturated carbocycles. The van der Waals surface area contributed by atoms with Crippen LogP contribution in [0.1, 0.15) is 44.7 Å². The number of nitrogens with one attached hydrogen (secondary N) is 1. The second kappa shape index (κ2) is 8.40. The Morgan fingerprint density at radius 1 is 1.29 bits per heavy atom. The normalized spacial score (nSPS) is 22.6. The number of likely N-dealkylation sites (tertiary alicyclic amines) is 1. The molecular formula is C18H30N2O. The van der Waals surface area contributed by atoms with Gasteiger partial charge in [0.15, 0.2) is 0 Å². The second-order valence-electron chi connectivity index (χ2n) is 6.10. The zero-order valence-corrected chi connectivity index (χ0v) is 13.8. The Labute approximate surface area is 129 Å². The molecule has 0 aliphatic carbocycles. The number of rotatable bonds is 8. The molecule has 3 nitrogen and oxygen atoms in total. The molecule has 1 saturated heterocycles. The van der Waals surface area contributed by atoms with Crippen LogP contribution in [0.2, 0.25) is 0 Å². The van der Waals surface area contributed by atoms with Crippen molar-refractivity contribution in [3.63, 3.8) is 0 Å². The highest BCUT2D eigenvalue weighted by Crippen LogP contribution is 2.36. The number of hydrogen-bond acceptors (Lipinski definition) is 3. The predicted octanol–water partition coefficient (Wildman–Crippen LogP) is 3.47. The highest BCUT2D eigenvalue weighted by molar-refractivity contribution is 5.31. The van der Waals surface area contributed by atoms with Crippen LogP contribution in [0.15, 0.2) is 24.3 Å². The number of nitrogens with zero attached hydrogens (tertiary/aromatic N) is 1. The van der Waals surface area contributed by atoms with Gasteiger partial charge in [0.05, 0.1) is 6.61 Å². The van der Waals surface area contributed by atoms with E-state index in [1.807, 2.05) is 0 Å². The molecule has 2 unspecified atom stereocenters. The van der Waals surface area contributed by atoms with Crippen LogP contribution in [0.5, 0.6) is 5.75 Å². The van der Waals surface area contributed by atoms with Crippen LogP contribution in [-0.2, 0) is 0 Å². The molecule has 1 aliphatic rings. The summed E-state index contributed by atoms with van der Waals surface area (Å²) in [5.41, 5.74) is 1.40. The SMILES string of the molecule is CCCNCC1CCN(C)C1c1cccc(OCCC)c1. The average molecular weight is 290 g/mol. The van der Waals surface area contributed by atoms with E-state index < -0.39 is 0 Å². The smallest absolute Gasteiger partial charge is 0.119 e. The molecule has 2 rings (SSSR count). The van der Waals surface area contributed by atoms with Gasteiger partial charge >= 0.3 is 0 Å². The summed E-state index contributed by atoms with van der Waals surface area (Å²) >= 11 is 0. The third-order valence-corrected chi connectivity index (χ3v) is 4.28. The third-order valence-electron chi connectivity index (χ3n) is 4.28. The van der Waals surface area contributed by atoms with E-state index in [-0.39, 0.29) is 0 Å². The minimum absolute atomic E-state index is 0.513. The van der Waals surface area contributed by atoms with Gasteiger partial charge in [0.1, 0.15) is 5.75 Å². The fourth-order valence-corrected chi connectivity index (χ4v) is 3.24. The maximum atomic E-state index is 5.79. The van der Waals surface area contributed by atoms with Crippen LogP contribution in [0, 0.1) is 5.92 Å². The predicted molar refractivity (Wildman–Crippen MR) is 88.9 cm³/mol. The van der Waals surface area contributed by atoms with E-state index in [0.717, 1.165) is 31.9 Å². The van der Waals surface area contributed by atoms with E-state index in [2.05, 4.69) is 55.4 Å². The van der Waals surface area contributed by atoms with Gasteiger partial charge in [0.2, 0.25) is 0 Å². The first-order valence-electron chi connectivity index (χ1n) is 8.40. The van der Waals surface area contributed by atoms with Crippen LogP contribution in [0.4, 0.5) is 0 Å². The Balaban J connectivity index is 2.05. The van der Waals surface area contributed by atoms with Crippen LogP contribution < -0.4 is 10.1 Å². The van der Waals surface area contributed by atoms with E-state index in [1.54, 1.807) is 0 Å². The summed E-state index contributed by atoms with van der Waals surface area (Å²) < 4.78 is 5.79. The lowest BCUT2D eigenvalue weighted by Crippen LogP contribution is -2.29. The maximum absolute atomic E-state index is 5.79. The van der Waals surface area contributed by atoms with E-state index in [4.69, 9.17) is 4.74 Å². The van der Waals surface area contributed by atoms with Crippen molar-refractivity contribution < 1.29 is 4.74 Å². The third kappa shape index (κ3) is 4.45. The van der Waals surface area contributed by atoms with Gasteiger partial charge in [-0.3, -0.25) is 4.90 Å². The first kappa shape index (κ1) is 16.3. The van der Waals surface area contributed by atoms with Crippen LogP contribution in [-0.4, -0.2) is 38.2 Å². The molecule has 21 heavy (non-hydrogen) atoms. The van der Waals surface area contributed by atoms with E-state index in [9.17, 15) is 0 Å². The molecule has 0 amide bonds. The molecule has 0 bridgehead atoms. The molecule has 1 aliphatic heterocycles. The van der Waals surface area contributed by atoms with Crippen LogP contribution >= 0.6 is 0 Å². The van der Waals surface area contributed by atoms with Crippen molar-refractivity contribution in [1.82, 2.24) is 10.2 Å². The van der Waals surface area contributed by atoms with Crippen molar-refractivity contribution in [3.8, 4) is 5.75 Å². The van der Waals surface area contributed by atoms with Crippen molar-refractivity contribution in [3.05, 3.63) is 29.8 Å². The number of hydrogen-bond donors (Lipinski definition) is 1. The first-order valence-corrected chi connectivity index (χ1v) is 8.40. The molecule has 1 heterocycles. The van der Waals surface area contributed by atoms with Gasteiger partial charge in [-0.25, -0.2) is 0 Å². The lowest BCUT2D eigenvalue weighted by molar-refractivity contribution is 0.270. The molecule has 3 heteroatoms. The van der Waals surface area contributed by atoms with Crippen molar-refractivity contribution in [2.45, 2.75) is 39.2 Å². The highest BCUT2D eigenvalue weighted by Gasteiger charge is 2.32. The fraction of sp³-hybridized carbons (Fsp3) is 0.667. The quantitative estimate of drug-likeness (QED) is 0.742. The number of ether oxygens (including phenoxy) is 1. The van der Waals surface area contributed by atoms with E-state index >= 15 is 0 Å². The summed E-state index contributed by atoms with van der Waals surface area (Å²) in [5, 5.41) is 3.59. The largest absolute Gasteiger partial charge is 0.494 e. The summed E-state index contributed by atoms with van der Waals surface area (Å²) in [6.07, 6.45) is 3.53. The summed E-state index contributed by atoms with van der Waals surface area (Å²) in [6.45, 7) is 8.58. The molecule has 118 valence electrons. The molecule has 1 fully saturated rings. The number of benzene rings is 1. The molecule has 1 aromatic rings. The standard InChI is InChI=1S/C18H30N2O/c1-4-10-19-14-16-9-11-20(3)18(16)15-7-6-8-17(13-15)21-12-5-2/h6-8,13,16,18-19H,4-5,9-12,14H2,1-3H3. The molecule has 1 N–H and O–H groups in total. The molecular weight excluding hydrogens is 260 g/mol. The monoisotopic (exact) mass is 290 g/mol. The summed E-state index contributed by atoms with van der Waals surface area (Å²) in [4.78, 5) is 2.48. The Morgan fingerprint density at radius 3 is 2.90 bits per heavy atom. The molecule has 0 radical (unpaired) electrons. The Hall–Kier alpha value is -1.06. The maximum Gasteiger partial charge on any atom is 0.119 e. The van der Waals surface area contributed by atoms with Gasteiger partial charge in [-0.05, 0) is 69.6 Å². The Kier molecular flexibility index (Phi) is 6.52. The van der Waals surface area contributed by atoms with Gasteiger partial charge in [0.25, 0.3) is 0 Å². The lowest BCUT2D eigenvalue weighted by atomic mass is 9.93. The zero-order valence-electron chi connectivity index (χ0n) is 13.8. The molecule has 0 spiro atoms. The van der Waals surface area contributed by atoms with Gasteiger partial charge < -0.3 is 10.1 Å². The van der Waals surface area contributed by atoms with E-state index in [0.29, 0.717) is 12.0 Å². The topological polar surface area (TPSA) is 24.5 Å². The van der Waals surface area contributed by atoms with Gasteiger partial charge in [-0.2, -0.15) is 0 Å². The van der Waals surface area contributed by atoms with Crippen molar-refractivity contribution in [2.24, 2.45) is 5.92 Å². The first-order chi connectivity index (χ1) is 10.3. The van der Waals surface area contributed by atoms with Crippen LogP contribution in [0.3, 0.4) is 0 Å². The van der Waals surface area contributed by atoms with Gasteiger partial charge in [0, 0.05) is 6.04 Å². The zero-order chi connectivity index (χ0) is 15.1. The molecule has 2 atom stereocenters. The minimum atomic E-state index is 0.513. The molecule has 1 aromatic carbocycles. The van der Waals surface area contributed by atoms with Crippen molar-refractivity contribution in [2.75, 3.05) is 33.3 Å². The van der Waals surface area contributed by atoms with E-state index in [1.165, 1.54) is 24.9 Å². The van der Waals surface area contributed by atoms with Crippen LogP contribution in [0.25, 0.3) is 0 Å². The van der Waals surface area contributed by atoms with Crippen molar-refractivity contribution in [1.29, 1.82) is 0 Å². The Morgan fingerprint density at radius 2 is 2.14 bits per heavy atom. The fourth-order valence-electron chi connectivity index (χ4n) is 3.24. The average Bonchev–Trinajstić information content (AvgIpc) is 2.87. The Bertz CT molecular complexity index is 421.